The predicted molar refractivity (Wildman–Crippen MR) is 95.1 cm³/mol. The molecule has 3 atom stereocenters. The van der Waals surface area contributed by atoms with E-state index in [1.807, 2.05) is 18.2 Å². The molecule has 0 radical (unpaired) electrons. The zero-order valence-corrected chi connectivity index (χ0v) is 14.5. The van der Waals surface area contributed by atoms with Gasteiger partial charge in [-0.1, -0.05) is 18.2 Å². The van der Waals surface area contributed by atoms with Crippen molar-refractivity contribution in [3.05, 3.63) is 54.1 Å². The van der Waals surface area contributed by atoms with E-state index in [1.54, 1.807) is 30.3 Å². The number of hydrogen-bond acceptors (Lipinski definition) is 4. The second kappa shape index (κ2) is 5.60. The molecule has 2 aromatic rings. The van der Waals surface area contributed by atoms with Gasteiger partial charge in [-0.25, -0.2) is 8.42 Å². The third-order valence-electron chi connectivity index (χ3n) is 5.49. The molecule has 4 rings (SSSR count). The van der Waals surface area contributed by atoms with Crippen molar-refractivity contribution < 1.29 is 8.42 Å². The standard InChI is InChI=1S/C19H22N2O2S/c1-21-18-9-7-13(20)11-16(18)17-12-15(8-10-19(17)21)24(22,23)14-5-3-2-4-6-14/h2-6,8,10,12-13,16,18H,7,9,11,20H2,1H3/t13-,16?,18?/m1/s1. The Bertz CT molecular complexity index is 864. The van der Waals surface area contributed by atoms with E-state index < -0.39 is 9.84 Å². The van der Waals surface area contributed by atoms with Crippen molar-refractivity contribution in [1.82, 2.24) is 0 Å². The van der Waals surface area contributed by atoms with Crippen molar-refractivity contribution in [3.8, 4) is 0 Å². The minimum Gasteiger partial charge on any atom is -0.371 e. The average Bonchev–Trinajstić information content (AvgIpc) is 2.87. The monoisotopic (exact) mass is 342 g/mol. The maximum absolute atomic E-state index is 12.9. The van der Waals surface area contributed by atoms with Gasteiger partial charge in [0.2, 0.25) is 9.84 Å². The summed E-state index contributed by atoms with van der Waals surface area (Å²) in [6.07, 6.45) is 3.03. The summed E-state index contributed by atoms with van der Waals surface area (Å²) in [4.78, 5) is 3.01. The number of sulfone groups is 1. The van der Waals surface area contributed by atoms with Crippen LogP contribution in [0.3, 0.4) is 0 Å². The summed E-state index contributed by atoms with van der Waals surface area (Å²) in [6.45, 7) is 0. The van der Waals surface area contributed by atoms with Crippen LogP contribution >= 0.6 is 0 Å². The summed E-state index contributed by atoms with van der Waals surface area (Å²) in [6, 6.07) is 14.8. The second-order valence-electron chi connectivity index (χ2n) is 6.89. The van der Waals surface area contributed by atoms with Crippen LogP contribution in [-0.2, 0) is 9.84 Å². The third kappa shape index (κ3) is 2.34. The highest BCUT2D eigenvalue weighted by Crippen LogP contribution is 2.47. The zero-order valence-electron chi connectivity index (χ0n) is 13.7. The van der Waals surface area contributed by atoms with Crippen LogP contribution in [0.4, 0.5) is 5.69 Å². The van der Waals surface area contributed by atoms with Crippen LogP contribution in [0.1, 0.15) is 30.7 Å². The van der Waals surface area contributed by atoms with Crippen LogP contribution in [0, 0.1) is 0 Å². The van der Waals surface area contributed by atoms with Crippen molar-refractivity contribution in [3.63, 3.8) is 0 Å². The van der Waals surface area contributed by atoms with Crippen molar-refractivity contribution in [2.45, 2.75) is 47.1 Å². The molecule has 24 heavy (non-hydrogen) atoms. The fraction of sp³-hybridized carbons (Fsp3) is 0.368. The number of fused-ring (bicyclic) bond motifs is 3. The van der Waals surface area contributed by atoms with Gasteiger partial charge >= 0.3 is 0 Å². The predicted octanol–water partition coefficient (Wildman–Crippen LogP) is 2.93. The summed E-state index contributed by atoms with van der Waals surface area (Å²) in [5.74, 6) is 0.333. The lowest BCUT2D eigenvalue weighted by Crippen LogP contribution is -2.39. The van der Waals surface area contributed by atoms with Crippen LogP contribution in [0.25, 0.3) is 0 Å². The smallest absolute Gasteiger partial charge is 0.206 e. The molecule has 2 aromatic carbocycles. The first-order valence-corrected chi connectivity index (χ1v) is 9.89. The van der Waals surface area contributed by atoms with Gasteiger partial charge in [-0.15, -0.1) is 0 Å². The van der Waals surface area contributed by atoms with E-state index in [2.05, 4.69) is 11.9 Å². The molecule has 0 bridgehead atoms. The average molecular weight is 342 g/mol. The molecular formula is C19H22N2O2S. The third-order valence-corrected chi connectivity index (χ3v) is 7.26. The van der Waals surface area contributed by atoms with Gasteiger partial charge in [-0.3, -0.25) is 0 Å². The number of hydrogen-bond donors (Lipinski definition) is 1. The molecule has 1 heterocycles. The lowest BCUT2D eigenvalue weighted by molar-refractivity contribution is 0.356. The molecule has 1 aliphatic heterocycles. The number of anilines is 1. The topological polar surface area (TPSA) is 63.4 Å². The van der Waals surface area contributed by atoms with Crippen molar-refractivity contribution in [2.24, 2.45) is 5.73 Å². The number of nitrogens with two attached hydrogens (primary N) is 1. The Morgan fingerprint density at radius 2 is 1.79 bits per heavy atom. The number of rotatable bonds is 2. The highest BCUT2D eigenvalue weighted by Gasteiger charge is 2.40. The van der Waals surface area contributed by atoms with Gasteiger partial charge in [0.15, 0.2) is 0 Å². The first kappa shape index (κ1) is 15.7. The van der Waals surface area contributed by atoms with Crippen LogP contribution < -0.4 is 10.6 Å². The molecule has 5 heteroatoms. The molecule has 2 N–H and O–H groups in total. The van der Waals surface area contributed by atoms with Gasteiger partial charge in [-0.05, 0) is 55.2 Å². The molecule has 0 amide bonds. The summed E-state index contributed by atoms with van der Waals surface area (Å²) >= 11 is 0. The van der Waals surface area contributed by atoms with Crippen LogP contribution in [0.15, 0.2) is 58.3 Å². The highest BCUT2D eigenvalue weighted by atomic mass is 32.2. The fourth-order valence-corrected chi connectivity index (χ4v) is 5.53. The molecule has 126 valence electrons. The number of benzene rings is 2. The molecule has 2 unspecified atom stereocenters. The van der Waals surface area contributed by atoms with E-state index in [-0.39, 0.29) is 6.04 Å². The molecule has 0 aromatic heterocycles. The van der Waals surface area contributed by atoms with Crippen LogP contribution in [0.5, 0.6) is 0 Å². The molecule has 1 fully saturated rings. The SMILES string of the molecule is CN1c2ccc(S(=O)(=O)c3ccccc3)cc2C2C[C@H](N)CCC21. The Morgan fingerprint density at radius 1 is 1.04 bits per heavy atom. The normalized spacial score (nSPS) is 26.1. The van der Waals surface area contributed by atoms with E-state index in [0.29, 0.717) is 21.8 Å². The van der Waals surface area contributed by atoms with Gasteiger partial charge in [-0.2, -0.15) is 0 Å². The van der Waals surface area contributed by atoms with Crippen molar-refractivity contribution in [1.29, 1.82) is 0 Å². The second-order valence-corrected chi connectivity index (χ2v) is 8.84. The number of nitrogens with zero attached hydrogens (tertiary/aromatic N) is 1. The Kier molecular flexibility index (Phi) is 3.66. The Hall–Kier alpha value is -1.85. The highest BCUT2D eigenvalue weighted by molar-refractivity contribution is 7.91. The summed E-state index contributed by atoms with van der Waals surface area (Å²) < 4.78 is 25.8. The molecule has 0 spiro atoms. The van der Waals surface area contributed by atoms with E-state index in [4.69, 9.17) is 5.73 Å². The summed E-state index contributed by atoms with van der Waals surface area (Å²) in [5, 5.41) is 0. The summed E-state index contributed by atoms with van der Waals surface area (Å²) in [7, 11) is -1.38. The van der Waals surface area contributed by atoms with E-state index in [0.717, 1.165) is 30.5 Å². The maximum Gasteiger partial charge on any atom is 0.206 e. The lowest BCUT2D eigenvalue weighted by atomic mass is 9.80. The maximum atomic E-state index is 12.9. The largest absolute Gasteiger partial charge is 0.371 e. The molecular weight excluding hydrogens is 320 g/mol. The number of likely N-dealkylation sites (N-methyl/N-ethyl adjacent to an activating group) is 1. The Morgan fingerprint density at radius 3 is 2.54 bits per heavy atom. The Balaban J connectivity index is 1.79. The lowest BCUT2D eigenvalue weighted by Gasteiger charge is -2.33. The molecule has 4 nitrogen and oxygen atoms in total. The van der Waals surface area contributed by atoms with E-state index in [9.17, 15) is 8.42 Å². The van der Waals surface area contributed by atoms with E-state index >= 15 is 0 Å². The summed E-state index contributed by atoms with van der Waals surface area (Å²) in [5.41, 5.74) is 8.45. The van der Waals surface area contributed by atoms with Gasteiger partial charge in [0.25, 0.3) is 0 Å². The Labute approximate surface area is 143 Å². The fourth-order valence-electron chi connectivity index (χ4n) is 4.22. The van der Waals surface area contributed by atoms with Gasteiger partial charge in [0, 0.05) is 30.7 Å². The van der Waals surface area contributed by atoms with Crippen molar-refractivity contribution >= 4 is 15.5 Å². The van der Waals surface area contributed by atoms with Crippen LogP contribution in [-0.4, -0.2) is 27.5 Å². The first-order valence-electron chi connectivity index (χ1n) is 8.41. The quantitative estimate of drug-likeness (QED) is 0.911. The van der Waals surface area contributed by atoms with Gasteiger partial charge in [0.1, 0.15) is 0 Å². The minimum absolute atomic E-state index is 0.208. The molecule has 1 saturated carbocycles. The molecule has 2 aliphatic rings. The van der Waals surface area contributed by atoms with Crippen molar-refractivity contribution in [2.75, 3.05) is 11.9 Å². The first-order chi connectivity index (χ1) is 11.5. The van der Waals surface area contributed by atoms with Gasteiger partial charge < -0.3 is 10.6 Å². The van der Waals surface area contributed by atoms with Crippen LogP contribution in [0.2, 0.25) is 0 Å². The molecule has 0 saturated heterocycles. The minimum atomic E-state index is -3.48. The molecule has 1 aliphatic carbocycles. The van der Waals surface area contributed by atoms with Gasteiger partial charge in [0.05, 0.1) is 9.79 Å². The van der Waals surface area contributed by atoms with E-state index in [1.165, 1.54) is 0 Å². The zero-order chi connectivity index (χ0) is 16.9.